The number of fused-ring (bicyclic) bond motifs is 1. The minimum atomic E-state index is 0.105. The van der Waals surface area contributed by atoms with E-state index < -0.39 is 0 Å². The van der Waals surface area contributed by atoms with Crippen LogP contribution in [0.4, 0.5) is 0 Å². The van der Waals surface area contributed by atoms with Crippen LogP contribution in [-0.4, -0.2) is 50.6 Å². The lowest BCUT2D eigenvalue weighted by Crippen LogP contribution is -2.39. The van der Waals surface area contributed by atoms with Gasteiger partial charge in [-0.2, -0.15) is 4.98 Å². The minimum Gasteiger partial charge on any atom is -0.497 e. The Morgan fingerprint density at radius 2 is 1.87 bits per heavy atom. The van der Waals surface area contributed by atoms with Gasteiger partial charge in [-0.05, 0) is 69.2 Å². The second-order valence-electron chi connectivity index (χ2n) is 8.17. The number of carbonyl (C=O) groups excluding carboxylic acids is 1. The number of hydrogen-bond acceptors (Lipinski definition) is 5. The maximum atomic E-state index is 12.7. The van der Waals surface area contributed by atoms with Crippen LogP contribution >= 0.6 is 0 Å². The molecule has 158 valence electrons. The van der Waals surface area contributed by atoms with Gasteiger partial charge < -0.3 is 9.64 Å². The van der Waals surface area contributed by atoms with E-state index in [4.69, 9.17) is 4.74 Å². The van der Waals surface area contributed by atoms with E-state index in [1.54, 1.807) is 11.6 Å². The highest BCUT2D eigenvalue weighted by Crippen LogP contribution is 2.23. The number of rotatable bonds is 6. The first-order valence-corrected chi connectivity index (χ1v) is 10.6. The highest BCUT2D eigenvalue weighted by atomic mass is 16.5. The number of likely N-dealkylation sites (tertiary alicyclic amines) is 1. The van der Waals surface area contributed by atoms with Crippen LogP contribution in [0.25, 0.3) is 5.78 Å². The van der Waals surface area contributed by atoms with E-state index in [0.717, 1.165) is 55.9 Å². The van der Waals surface area contributed by atoms with E-state index in [1.165, 1.54) is 5.56 Å². The number of aromatic nitrogens is 4. The Kier molecular flexibility index (Phi) is 5.97. The summed E-state index contributed by atoms with van der Waals surface area (Å²) in [5, 5.41) is 4.47. The van der Waals surface area contributed by atoms with E-state index in [0.29, 0.717) is 17.5 Å². The average Bonchev–Trinajstić information content (AvgIpc) is 3.15. The van der Waals surface area contributed by atoms with E-state index >= 15 is 0 Å². The summed E-state index contributed by atoms with van der Waals surface area (Å²) in [4.78, 5) is 23.5. The Hall–Kier alpha value is -2.96. The number of benzene rings is 1. The lowest BCUT2D eigenvalue weighted by atomic mass is 9.90. The van der Waals surface area contributed by atoms with Gasteiger partial charge >= 0.3 is 0 Å². The quantitative estimate of drug-likeness (QED) is 0.628. The highest BCUT2D eigenvalue weighted by molar-refractivity contribution is 5.78. The molecule has 0 bridgehead atoms. The lowest BCUT2D eigenvalue weighted by Gasteiger charge is -2.32. The van der Waals surface area contributed by atoms with Gasteiger partial charge in [-0.1, -0.05) is 12.1 Å². The number of ether oxygens (including phenoxy) is 1. The second kappa shape index (κ2) is 8.81. The van der Waals surface area contributed by atoms with Gasteiger partial charge in [0.25, 0.3) is 5.78 Å². The van der Waals surface area contributed by atoms with Gasteiger partial charge in [0.2, 0.25) is 5.91 Å². The van der Waals surface area contributed by atoms with Crippen molar-refractivity contribution < 1.29 is 9.53 Å². The molecule has 7 nitrogen and oxygen atoms in total. The lowest BCUT2D eigenvalue weighted by molar-refractivity contribution is -0.132. The number of aryl methyl sites for hydroxylation is 3. The SMILES string of the molecule is COc1ccc(CCC2CCN(C(=O)Cc3nc4nc(C)cc(C)n4n3)CC2)cc1. The first-order valence-electron chi connectivity index (χ1n) is 10.6. The summed E-state index contributed by atoms with van der Waals surface area (Å²) in [5.74, 6) is 2.77. The van der Waals surface area contributed by atoms with Crippen molar-refractivity contribution in [2.24, 2.45) is 5.92 Å². The first-order chi connectivity index (χ1) is 14.5. The van der Waals surface area contributed by atoms with Gasteiger partial charge in [0, 0.05) is 24.5 Å². The van der Waals surface area contributed by atoms with Crippen molar-refractivity contribution in [3.8, 4) is 5.75 Å². The van der Waals surface area contributed by atoms with Crippen molar-refractivity contribution in [2.75, 3.05) is 20.2 Å². The summed E-state index contributed by atoms with van der Waals surface area (Å²) in [7, 11) is 1.69. The Bertz CT molecular complexity index is 1020. The van der Waals surface area contributed by atoms with Crippen LogP contribution in [0.1, 0.15) is 42.0 Å². The molecular formula is C23H29N5O2. The zero-order valence-corrected chi connectivity index (χ0v) is 18.0. The van der Waals surface area contributed by atoms with Crippen LogP contribution < -0.4 is 4.74 Å². The molecule has 0 unspecified atom stereocenters. The van der Waals surface area contributed by atoms with Crippen LogP contribution in [0.2, 0.25) is 0 Å². The molecule has 3 heterocycles. The van der Waals surface area contributed by atoms with Crippen LogP contribution in [0.15, 0.2) is 30.3 Å². The molecule has 1 aromatic carbocycles. The van der Waals surface area contributed by atoms with Crippen LogP contribution in [0, 0.1) is 19.8 Å². The maximum Gasteiger partial charge on any atom is 0.252 e. The molecule has 2 aromatic heterocycles. The zero-order chi connectivity index (χ0) is 21.1. The Labute approximate surface area is 177 Å². The predicted molar refractivity (Wildman–Crippen MR) is 115 cm³/mol. The maximum absolute atomic E-state index is 12.7. The molecule has 1 aliphatic heterocycles. The Balaban J connectivity index is 1.27. The Morgan fingerprint density at radius 1 is 1.13 bits per heavy atom. The summed E-state index contributed by atoms with van der Waals surface area (Å²) in [6, 6.07) is 10.3. The molecule has 4 rings (SSSR count). The monoisotopic (exact) mass is 407 g/mol. The molecule has 0 spiro atoms. The van der Waals surface area contributed by atoms with Gasteiger partial charge in [-0.25, -0.2) is 9.50 Å². The molecule has 0 N–H and O–H groups in total. The van der Waals surface area contributed by atoms with Gasteiger partial charge in [-0.3, -0.25) is 4.79 Å². The molecule has 1 aliphatic rings. The fourth-order valence-electron chi connectivity index (χ4n) is 4.16. The van der Waals surface area contributed by atoms with Gasteiger partial charge in [0.1, 0.15) is 5.75 Å². The van der Waals surface area contributed by atoms with Crippen LogP contribution in [0.5, 0.6) is 5.75 Å². The molecule has 0 atom stereocenters. The summed E-state index contributed by atoms with van der Waals surface area (Å²) >= 11 is 0. The normalized spacial score (nSPS) is 15.0. The van der Waals surface area contributed by atoms with E-state index in [9.17, 15) is 4.79 Å². The number of amides is 1. The minimum absolute atomic E-state index is 0.105. The number of hydrogen-bond donors (Lipinski definition) is 0. The molecule has 0 radical (unpaired) electrons. The largest absolute Gasteiger partial charge is 0.497 e. The highest BCUT2D eigenvalue weighted by Gasteiger charge is 2.24. The molecule has 3 aromatic rings. The smallest absolute Gasteiger partial charge is 0.252 e. The summed E-state index contributed by atoms with van der Waals surface area (Å²) in [6.07, 6.45) is 4.57. The van der Waals surface area contributed by atoms with Crippen molar-refractivity contribution in [3.05, 3.63) is 53.1 Å². The average molecular weight is 408 g/mol. The van der Waals surface area contributed by atoms with Gasteiger partial charge in [0.05, 0.1) is 13.5 Å². The standard InChI is InChI=1S/C23H29N5O2/c1-16-14-17(2)28-23(24-16)25-21(26-28)15-22(29)27-12-10-19(11-13-27)5-4-18-6-8-20(30-3)9-7-18/h6-9,14,19H,4-5,10-13,15H2,1-3H3. The third-order valence-corrected chi connectivity index (χ3v) is 5.94. The van der Waals surface area contributed by atoms with Crippen molar-refractivity contribution in [3.63, 3.8) is 0 Å². The Morgan fingerprint density at radius 3 is 2.57 bits per heavy atom. The third-order valence-electron chi connectivity index (χ3n) is 5.94. The number of nitrogens with zero attached hydrogens (tertiary/aromatic N) is 5. The van der Waals surface area contributed by atoms with E-state index in [1.807, 2.05) is 36.9 Å². The number of carbonyl (C=O) groups is 1. The van der Waals surface area contributed by atoms with Crippen LogP contribution in [0.3, 0.4) is 0 Å². The van der Waals surface area contributed by atoms with Gasteiger partial charge in [0.15, 0.2) is 5.82 Å². The molecular weight excluding hydrogens is 378 g/mol. The molecule has 1 saturated heterocycles. The number of methoxy groups -OCH3 is 1. The third kappa shape index (κ3) is 4.61. The topological polar surface area (TPSA) is 72.6 Å². The summed E-state index contributed by atoms with van der Waals surface area (Å²) in [5.41, 5.74) is 3.22. The van der Waals surface area contributed by atoms with Crippen molar-refractivity contribution in [2.45, 2.75) is 46.0 Å². The molecule has 0 saturated carbocycles. The van der Waals surface area contributed by atoms with Crippen LogP contribution in [-0.2, 0) is 17.6 Å². The zero-order valence-electron chi connectivity index (χ0n) is 18.0. The van der Waals surface area contributed by atoms with Crippen molar-refractivity contribution >= 4 is 11.7 Å². The fourth-order valence-corrected chi connectivity index (χ4v) is 4.16. The molecule has 7 heteroatoms. The summed E-state index contributed by atoms with van der Waals surface area (Å²) < 4.78 is 6.93. The number of piperidine rings is 1. The fraction of sp³-hybridized carbons (Fsp3) is 0.478. The second-order valence-corrected chi connectivity index (χ2v) is 8.17. The molecule has 0 aliphatic carbocycles. The first kappa shape index (κ1) is 20.3. The molecule has 1 fully saturated rings. The van der Waals surface area contributed by atoms with E-state index in [2.05, 4.69) is 27.2 Å². The van der Waals surface area contributed by atoms with Crippen molar-refractivity contribution in [1.82, 2.24) is 24.5 Å². The summed E-state index contributed by atoms with van der Waals surface area (Å²) in [6.45, 7) is 5.54. The molecule has 1 amide bonds. The predicted octanol–water partition coefficient (Wildman–Crippen LogP) is 3.16. The molecule has 30 heavy (non-hydrogen) atoms. The van der Waals surface area contributed by atoms with E-state index in [-0.39, 0.29) is 12.3 Å². The van der Waals surface area contributed by atoms with Gasteiger partial charge in [-0.15, -0.1) is 5.10 Å². The van der Waals surface area contributed by atoms with Crippen molar-refractivity contribution in [1.29, 1.82) is 0 Å².